The Labute approximate surface area is 80.3 Å². The number of benzene rings is 1. The molecule has 0 heterocycles. The standard InChI is InChI=1S/C9H10FNO3/c1-2-14-9(12)7-5-6(11-13)3-4-8(7)10/h3-5,11,13H,2H2,1H3. The number of halogens is 1. The number of hydrogen-bond acceptors (Lipinski definition) is 4. The third-order valence-corrected chi connectivity index (χ3v) is 1.59. The average molecular weight is 199 g/mol. The van der Waals surface area contributed by atoms with Crippen molar-refractivity contribution >= 4 is 11.7 Å². The minimum atomic E-state index is -0.748. The Kier molecular flexibility index (Phi) is 3.41. The summed E-state index contributed by atoms with van der Waals surface area (Å²) < 4.78 is 17.7. The fourth-order valence-electron chi connectivity index (χ4n) is 0.960. The summed E-state index contributed by atoms with van der Waals surface area (Å²) in [7, 11) is 0. The highest BCUT2D eigenvalue weighted by molar-refractivity contribution is 5.90. The Morgan fingerprint density at radius 1 is 1.64 bits per heavy atom. The van der Waals surface area contributed by atoms with Gasteiger partial charge in [0.2, 0.25) is 0 Å². The molecule has 0 bridgehead atoms. The van der Waals surface area contributed by atoms with Crippen molar-refractivity contribution < 1.29 is 19.1 Å². The van der Waals surface area contributed by atoms with E-state index in [1.54, 1.807) is 6.92 Å². The minimum Gasteiger partial charge on any atom is -0.462 e. The first-order valence-electron chi connectivity index (χ1n) is 4.05. The predicted molar refractivity (Wildman–Crippen MR) is 47.8 cm³/mol. The van der Waals surface area contributed by atoms with Crippen molar-refractivity contribution in [3.05, 3.63) is 29.6 Å². The molecule has 0 saturated heterocycles. The molecule has 0 spiro atoms. The van der Waals surface area contributed by atoms with Crippen LogP contribution >= 0.6 is 0 Å². The van der Waals surface area contributed by atoms with E-state index in [9.17, 15) is 9.18 Å². The molecule has 0 amide bonds. The maximum Gasteiger partial charge on any atom is 0.341 e. The van der Waals surface area contributed by atoms with Gasteiger partial charge in [-0.2, -0.15) is 0 Å². The number of hydrogen-bond donors (Lipinski definition) is 2. The van der Waals surface area contributed by atoms with Gasteiger partial charge in [0.1, 0.15) is 5.82 Å². The summed E-state index contributed by atoms with van der Waals surface area (Å²) in [6.07, 6.45) is 0. The zero-order valence-electron chi connectivity index (χ0n) is 7.58. The van der Waals surface area contributed by atoms with E-state index in [-0.39, 0.29) is 17.9 Å². The van der Waals surface area contributed by atoms with Crippen LogP contribution in [-0.4, -0.2) is 17.8 Å². The van der Waals surface area contributed by atoms with Gasteiger partial charge in [-0.3, -0.25) is 10.7 Å². The first-order chi connectivity index (χ1) is 6.69. The van der Waals surface area contributed by atoms with Gasteiger partial charge in [0.15, 0.2) is 0 Å². The number of carbonyl (C=O) groups excluding carboxylic acids is 1. The van der Waals surface area contributed by atoms with Gasteiger partial charge in [-0.25, -0.2) is 9.18 Å². The minimum absolute atomic E-state index is 0.176. The fourth-order valence-corrected chi connectivity index (χ4v) is 0.960. The number of esters is 1. The number of rotatable bonds is 3. The summed E-state index contributed by atoms with van der Waals surface area (Å²) in [6.45, 7) is 1.80. The number of ether oxygens (including phenoxy) is 1. The molecular weight excluding hydrogens is 189 g/mol. The van der Waals surface area contributed by atoms with Gasteiger partial charge in [-0.05, 0) is 25.1 Å². The van der Waals surface area contributed by atoms with Crippen molar-refractivity contribution in [2.24, 2.45) is 0 Å². The van der Waals surface area contributed by atoms with Crippen LogP contribution in [0.1, 0.15) is 17.3 Å². The average Bonchev–Trinajstić information content (AvgIpc) is 2.19. The van der Waals surface area contributed by atoms with Crippen LogP contribution in [0, 0.1) is 5.82 Å². The molecule has 4 nitrogen and oxygen atoms in total. The summed E-state index contributed by atoms with van der Waals surface area (Å²) in [5, 5.41) is 8.54. The van der Waals surface area contributed by atoms with E-state index in [0.717, 1.165) is 6.07 Å². The maximum absolute atomic E-state index is 13.1. The molecule has 0 aliphatic carbocycles. The van der Waals surface area contributed by atoms with E-state index < -0.39 is 11.8 Å². The van der Waals surface area contributed by atoms with Crippen LogP contribution in [-0.2, 0) is 4.74 Å². The lowest BCUT2D eigenvalue weighted by atomic mass is 10.2. The van der Waals surface area contributed by atoms with Gasteiger partial charge in [0, 0.05) is 0 Å². The van der Waals surface area contributed by atoms with Crippen LogP contribution in [0.2, 0.25) is 0 Å². The second-order valence-corrected chi connectivity index (χ2v) is 2.53. The molecule has 1 rings (SSSR count). The topological polar surface area (TPSA) is 58.6 Å². The van der Waals surface area contributed by atoms with Gasteiger partial charge in [0.05, 0.1) is 17.9 Å². The molecule has 5 heteroatoms. The Morgan fingerprint density at radius 2 is 2.36 bits per heavy atom. The molecule has 0 fully saturated rings. The van der Waals surface area contributed by atoms with Gasteiger partial charge in [-0.15, -0.1) is 0 Å². The summed E-state index contributed by atoms with van der Waals surface area (Å²) in [5.41, 5.74) is 1.85. The summed E-state index contributed by atoms with van der Waals surface area (Å²) in [6, 6.07) is 3.55. The molecule has 0 aliphatic rings. The molecule has 1 aromatic carbocycles. The first-order valence-corrected chi connectivity index (χ1v) is 4.05. The number of nitrogens with one attached hydrogen (secondary N) is 1. The van der Waals surface area contributed by atoms with Gasteiger partial charge < -0.3 is 4.74 Å². The van der Waals surface area contributed by atoms with Crippen molar-refractivity contribution in [1.82, 2.24) is 0 Å². The second kappa shape index (κ2) is 4.57. The highest BCUT2D eigenvalue weighted by atomic mass is 19.1. The van der Waals surface area contributed by atoms with Crippen LogP contribution < -0.4 is 5.48 Å². The summed E-state index contributed by atoms with van der Waals surface area (Å²) in [5.74, 6) is -1.43. The summed E-state index contributed by atoms with van der Waals surface area (Å²) >= 11 is 0. The molecule has 0 aliphatic heterocycles. The monoisotopic (exact) mass is 199 g/mol. The fraction of sp³-hybridized carbons (Fsp3) is 0.222. The third kappa shape index (κ3) is 2.20. The Morgan fingerprint density at radius 3 is 2.93 bits per heavy atom. The van der Waals surface area contributed by atoms with Gasteiger partial charge in [-0.1, -0.05) is 0 Å². The van der Waals surface area contributed by atoms with Crippen LogP contribution in [0.3, 0.4) is 0 Å². The number of anilines is 1. The SMILES string of the molecule is CCOC(=O)c1cc(NO)ccc1F. The van der Waals surface area contributed by atoms with Crippen LogP contribution in [0.25, 0.3) is 0 Å². The van der Waals surface area contributed by atoms with Gasteiger partial charge >= 0.3 is 5.97 Å². The largest absolute Gasteiger partial charge is 0.462 e. The predicted octanol–water partition coefficient (Wildman–Crippen LogP) is 1.80. The van der Waals surface area contributed by atoms with E-state index in [1.807, 2.05) is 5.48 Å². The van der Waals surface area contributed by atoms with E-state index >= 15 is 0 Å². The van der Waals surface area contributed by atoms with E-state index in [4.69, 9.17) is 5.21 Å². The molecule has 14 heavy (non-hydrogen) atoms. The van der Waals surface area contributed by atoms with Crippen molar-refractivity contribution in [2.45, 2.75) is 6.92 Å². The van der Waals surface area contributed by atoms with Crippen LogP contribution in [0.4, 0.5) is 10.1 Å². The first kappa shape index (κ1) is 10.5. The van der Waals surface area contributed by atoms with Gasteiger partial charge in [0.25, 0.3) is 0 Å². The quantitative estimate of drug-likeness (QED) is 0.575. The smallest absolute Gasteiger partial charge is 0.341 e. The molecular formula is C9H10FNO3. The van der Waals surface area contributed by atoms with Crippen molar-refractivity contribution in [2.75, 3.05) is 12.1 Å². The van der Waals surface area contributed by atoms with Crippen molar-refractivity contribution in [3.63, 3.8) is 0 Å². The van der Waals surface area contributed by atoms with E-state index in [2.05, 4.69) is 4.74 Å². The third-order valence-electron chi connectivity index (χ3n) is 1.59. The normalized spacial score (nSPS) is 9.64. The molecule has 0 saturated carbocycles. The van der Waals surface area contributed by atoms with Crippen LogP contribution in [0.5, 0.6) is 0 Å². The second-order valence-electron chi connectivity index (χ2n) is 2.53. The summed E-state index contributed by atoms with van der Waals surface area (Å²) in [4.78, 5) is 11.2. The van der Waals surface area contributed by atoms with Crippen molar-refractivity contribution in [1.29, 1.82) is 0 Å². The van der Waals surface area contributed by atoms with E-state index in [1.165, 1.54) is 12.1 Å². The molecule has 0 radical (unpaired) electrons. The van der Waals surface area contributed by atoms with Crippen LogP contribution in [0.15, 0.2) is 18.2 Å². The van der Waals surface area contributed by atoms with Crippen molar-refractivity contribution in [3.8, 4) is 0 Å². The maximum atomic E-state index is 13.1. The molecule has 2 N–H and O–H groups in total. The van der Waals surface area contributed by atoms with E-state index in [0.29, 0.717) is 0 Å². The zero-order chi connectivity index (χ0) is 10.6. The zero-order valence-corrected chi connectivity index (χ0v) is 7.58. The lowest BCUT2D eigenvalue weighted by Gasteiger charge is -2.04. The Balaban J connectivity index is 2.99. The molecule has 0 aromatic heterocycles. The molecule has 1 aromatic rings. The highest BCUT2D eigenvalue weighted by Gasteiger charge is 2.12. The number of carbonyl (C=O) groups is 1. The highest BCUT2D eigenvalue weighted by Crippen LogP contribution is 2.15. The Hall–Kier alpha value is -1.62. The Bertz CT molecular complexity index is 341. The molecule has 0 unspecified atom stereocenters. The molecule has 0 atom stereocenters. The lowest BCUT2D eigenvalue weighted by molar-refractivity contribution is 0.0521. The molecule has 76 valence electrons. The lowest BCUT2D eigenvalue weighted by Crippen LogP contribution is -2.07.